The molecule has 3 aromatic rings. The third kappa shape index (κ3) is 7.07. The number of hydrogen-bond acceptors (Lipinski definition) is 4. The van der Waals surface area contributed by atoms with Crippen molar-refractivity contribution in [2.24, 2.45) is 0 Å². The molecule has 3 rings (SSSR count). The fourth-order valence-corrected chi connectivity index (χ4v) is 3.56. The number of para-hydroxylation sites is 1. The van der Waals surface area contributed by atoms with Crippen LogP contribution in [-0.2, 0) is 16.1 Å². The van der Waals surface area contributed by atoms with Gasteiger partial charge < -0.3 is 9.47 Å². The molecule has 0 radical (unpaired) electrons. The van der Waals surface area contributed by atoms with Crippen LogP contribution in [0, 0.1) is 0 Å². The van der Waals surface area contributed by atoms with Crippen LogP contribution in [0.1, 0.15) is 30.4 Å². The van der Waals surface area contributed by atoms with Crippen molar-refractivity contribution in [2.75, 3.05) is 0 Å². The predicted octanol–water partition coefficient (Wildman–Crippen LogP) is 7.33. The monoisotopic (exact) mass is 446 g/mol. The number of hydrogen-bond donors (Lipinski definition) is 0. The molecule has 0 bridgehead atoms. The number of benzene rings is 3. The summed E-state index contributed by atoms with van der Waals surface area (Å²) >= 11 is -0.182. The Kier molecular flexibility index (Phi) is 7.63. The summed E-state index contributed by atoms with van der Waals surface area (Å²) in [5, 5.41) is 0. The molecule has 162 valence electrons. The lowest BCUT2D eigenvalue weighted by Crippen LogP contribution is -2.15. The number of rotatable bonds is 8. The Hall–Kier alpha value is -2.93. The van der Waals surface area contributed by atoms with Crippen LogP contribution in [-0.4, -0.2) is 11.5 Å². The van der Waals surface area contributed by atoms with E-state index in [9.17, 15) is 18.0 Å². The molecule has 3 aromatic carbocycles. The molecule has 1 unspecified atom stereocenters. The molecule has 7 heteroatoms. The van der Waals surface area contributed by atoms with Crippen molar-refractivity contribution >= 4 is 17.7 Å². The van der Waals surface area contributed by atoms with Crippen LogP contribution in [0.3, 0.4) is 0 Å². The minimum absolute atomic E-state index is 0.0728. The van der Waals surface area contributed by atoms with Gasteiger partial charge in [0.15, 0.2) is 0 Å². The summed E-state index contributed by atoms with van der Waals surface area (Å²) in [5.41, 5.74) is -2.95. The summed E-state index contributed by atoms with van der Waals surface area (Å²) in [5.74, 6) is 0.362. The van der Waals surface area contributed by atoms with Gasteiger partial charge in [-0.2, -0.15) is 13.2 Å². The maximum atomic E-state index is 12.6. The van der Waals surface area contributed by atoms with Crippen molar-refractivity contribution < 1.29 is 27.4 Å². The van der Waals surface area contributed by atoms with Crippen LogP contribution in [0.4, 0.5) is 13.2 Å². The number of esters is 1. The minimum Gasteiger partial charge on any atom is -0.460 e. The van der Waals surface area contributed by atoms with E-state index in [2.05, 4.69) is 0 Å². The van der Waals surface area contributed by atoms with Crippen molar-refractivity contribution in [1.29, 1.82) is 0 Å². The summed E-state index contributed by atoms with van der Waals surface area (Å²) in [4.78, 5) is 12.7. The van der Waals surface area contributed by atoms with Crippen LogP contribution in [0.2, 0.25) is 0 Å². The second-order valence-electron chi connectivity index (χ2n) is 6.75. The lowest BCUT2D eigenvalue weighted by Gasteiger charge is -2.16. The third-order valence-electron chi connectivity index (χ3n) is 4.47. The second kappa shape index (κ2) is 10.4. The normalized spacial score (nSPS) is 12.3. The zero-order valence-electron chi connectivity index (χ0n) is 16.8. The Labute approximate surface area is 183 Å². The van der Waals surface area contributed by atoms with Crippen molar-refractivity contribution in [3.8, 4) is 11.5 Å². The molecule has 0 heterocycles. The quantitative estimate of drug-likeness (QED) is 0.268. The molecule has 0 spiro atoms. The Bertz CT molecular complexity index is 989. The molecule has 0 aliphatic heterocycles. The number of thioether (sulfide) groups is 1. The molecule has 0 aromatic heterocycles. The molecule has 0 saturated carbocycles. The van der Waals surface area contributed by atoms with E-state index in [1.165, 1.54) is 24.3 Å². The van der Waals surface area contributed by atoms with Crippen LogP contribution in [0.5, 0.6) is 11.5 Å². The maximum Gasteiger partial charge on any atom is 0.446 e. The number of carbonyl (C=O) groups excluding carboxylic acids is 1. The van der Waals surface area contributed by atoms with E-state index in [-0.39, 0.29) is 23.3 Å². The molecule has 0 aliphatic rings. The summed E-state index contributed by atoms with van der Waals surface area (Å²) in [6, 6.07) is 22.4. The highest BCUT2D eigenvalue weighted by Crippen LogP contribution is 2.37. The maximum absolute atomic E-state index is 12.6. The van der Waals surface area contributed by atoms with E-state index in [1.54, 1.807) is 6.07 Å². The van der Waals surface area contributed by atoms with Crippen LogP contribution < -0.4 is 4.74 Å². The van der Waals surface area contributed by atoms with E-state index in [0.717, 1.165) is 5.56 Å². The highest BCUT2D eigenvalue weighted by atomic mass is 32.2. The smallest absolute Gasteiger partial charge is 0.446 e. The van der Waals surface area contributed by atoms with Crippen LogP contribution in [0.25, 0.3) is 0 Å². The highest BCUT2D eigenvalue weighted by Gasteiger charge is 2.29. The summed E-state index contributed by atoms with van der Waals surface area (Å²) in [6.45, 7) is 1.90. The van der Waals surface area contributed by atoms with Gasteiger partial charge in [0, 0.05) is 4.90 Å². The van der Waals surface area contributed by atoms with E-state index in [1.807, 2.05) is 55.5 Å². The van der Waals surface area contributed by atoms with Gasteiger partial charge in [-0.25, -0.2) is 0 Å². The topological polar surface area (TPSA) is 35.5 Å². The number of alkyl halides is 3. The molecular weight excluding hydrogens is 425 g/mol. The van der Waals surface area contributed by atoms with Crippen molar-refractivity contribution in [3.05, 3.63) is 90.0 Å². The van der Waals surface area contributed by atoms with Crippen molar-refractivity contribution in [3.63, 3.8) is 0 Å². The van der Waals surface area contributed by atoms with Gasteiger partial charge in [0.05, 0.1) is 5.92 Å². The van der Waals surface area contributed by atoms with Gasteiger partial charge in [-0.05, 0) is 65.7 Å². The Balaban J connectivity index is 1.60. The molecular formula is C24H21F3O3S. The molecule has 31 heavy (non-hydrogen) atoms. The zero-order valence-corrected chi connectivity index (χ0v) is 17.6. The van der Waals surface area contributed by atoms with E-state index in [0.29, 0.717) is 23.5 Å². The van der Waals surface area contributed by atoms with Gasteiger partial charge in [-0.1, -0.05) is 49.4 Å². The molecule has 3 nitrogen and oxygen atoms in total. The molecule has 0 saturated heterocycles. The Morgan fingerprint density at radius 1 is 0.935 bits per heavy atom. The lowest BCUT2D eigenvalue weighted by atomic mass is 9.97. The van der Waals surface area contributed by atoms with Gasteiger partial charge in [-0.3, -0.25) is 4.79 Å². The standard InChI is InChI=1S/C24H21F3O3S/c1-2-22(18-11-13-21(14-12-18)31-24(25,26)27)23(28)29-16-17-7-6-10-20(15-17)30-19-8-4-3-5-9-19/h3-15,22H,2,16H2,1H3. The van der Waals surface area contributed by atoms with Crippen molar-refractivity contribution in [2.45, 2.75) is 36.3 Å². The Morgan fingerprint density at radius 3 is 2.26 bits per heavy atom. The van der Waals surface area contributed by atoms with E-state index >= 15 is 0 Å². The Morgan fingerprint density at radius 2 is 1.61 bits per heavy atom. The average molecular weight is 446 g/mol. The first-order valence-electron chi connectivity index (χ1n) is 9.68. The zero-order chi connectivity index (χ0) is 22.3. The molecule has 0 fully saturated rings. The average Bonchev–Trinajstić information content (AvgIpc) is 2.74. The summed E-state index contributed by atoms with van der Waals surface area (Å²) in [6.07, 6.45) is 0.474. The number of halogens is 3. The first kappa shape index (κ1) is 22.7. The molecule has 1 atom stereocenters. The molecule has 0 N–H and O–H groups in total. The molecule has 0 aliphatic carbocycles. The van der Waals surface area contributed by atoms with Gasteiger partial charge in [0.2, 0.25) is 0 Å². The van der Waals surface area contributed by atoms with Crippen LogP contribution in [0.15, 0.2) is 83.8 Å². The lowest BCUT2D eigenvalue weighted by molar-refractivity contribution is -0.146. The first-order valence-corrected chi connectivity index (χ1v) is 10.5. The largest absolute Gasteiger partial charge is 0.460 e. The van der Waals surface area contributed by atoms with E-state index < -0.39 is 17.4 Å². The summed E-state index contributed by atoms with van der Waals surface area (Å²) in [7, 11) is 0. The predicted molar refractivity (Wildman–Crippen MR) is 114 cm³/mol. The van der Waals surface area contributed by atoms with Gasteiger partial charge >= 0.3 is 11.5 Å². The van der Waals surface area contributed by atoms with Gasteiger partial charge in [0.1, 0.15) is 18.1 Å². The highest BCUT2D eigenvalue weighted by molar-refractivity contribution is 8.00. The molecule has 0 amide bonds. The van der Waals surface area contributed by atoms with Gasteiger partial charge in [-0.15, -0.1) is 0 Å². The van der Waals surface area contributed by atoms with E-state index in [4.69, 9.17) is 9.47 Å². The third-order valence-corrected chi connectivity index (χ3v) is 5.21. The fraction of sp³-hybridized carbons (Fsp3) is 0.208. The van der Waals surface area contributed by atoms with Crippen molar-refractivity contribution in [1.82, 2.24) is 0 Å². The SMILES string of the molecule is CCC(C(=O)OCc1cccc(Oc2ccccc2)c1)c1ccc(SC(F)(F)F)cc1. The van der Waals surface area contributed by atoms with Gasteiger partial charge in [0.25, 0.3) is 0 Å². The number of carbonyl (C=O) groups is 1. The first-order chi connectivity index (χ1) is 14.8. The summed E-state index contributed by atoms with van der Waals surface area (Å²) < 4.78 is 48.7. The second-order valence-corrected chi connectivity index (χ2v) is 7.89. The number of ether oxygens (including phenoxy) is 2. The van der Waals surface area contributed by atoms with Crippen LogP contribution >= 0.6 is 11.8 Å². The fourth-order valence-electron chi connectivity index (χ4n) is 3.02. The minimum atomic E-state index is -4.34.